The normalized spacial score (nSPS) is 17.4. The van der Waals surface area contributed by atoms with E-state index >= 15 is 0 Å². The smallest absolute Gasteiger partial charge is 0.306 e. The van der Waals surface area contributed by atoms with Crippen LogP contribution < -0.4 is 0 Å². The van der Waals surface area contributed by atoms with Crippen molar-refractivity contribution in [1.29, 1.82) is 0 Å². The Bertz CT molecular complexity index is 617. The van der Waals surface area contributed by atoms with Crippen LogP contribution in [-0.4, -0.2) is 34.2 Å². The lowest BCUT2D eigenvalue weighted by Gasteiger charge is -2.40. The van der Waals surface area contributed by atoms with Crippen LogP contribution in [0.25, 0.3) is 11.3 Å². The Balaban J connectivity index is 1.56. The Morgan fingerprint density at radius 3 is 2.81 bits per heavy atom. The van der Waals surface area contributed by atoms with Gasteiger partial charge < -0.3 is 9.63 Å². The molecule has 0 spiro atoms. The number of aromatic nitrogens is 1. The summed E-state index contributed by atoms with van der Waals surface area (Å²) >= 11 is 0. The summed E-state index contributed by atoms with van der Waals surface area (Å²) in [6.07, 6.45) is 0. The van der Waals surface area contributed by atoms with Gasteiger partial charge in [0.1, 0.15) is 0 Å². The van der Waals surface area contributed by atoms with Crippen molar-refractivity contribution in [2.45, 2.75) is 13.5 Å². The second-order valence-corrected chi connectivity index (χ2v) is 5.63. The average Bonchev–Trinajstić information content (AvgIpc) is 2.91. The third-order valence-electron chi connectivity index (χ3n) is 4.08. The minimum Gasteiger partial charge on any atom is -0.481 e. The van der Waals surface area contributed by atoms with E-state index in [1.54, 1.807) is 6.92 Å². The van der Waals surface area contributed by atoms with Crippen LogP contribution in [0, 0.1) is 11.8 Å². The van der Waals surface area contributed by atoms with Gasteiger partial charge in [-0.25, -0.2) is 0 Å². The SMILES string of the molecule is CC(C(=O)O)C1CN(Cc2cc(-c3ccccc3)on2)C1. The molecule has 1 unspecified atom stereocenters. The van der Waals surface area contributed by atoms with E-state index in [2.05, 4.69) is 10.1 Å². The summed E-state index contributed by atoms with van der Waals surface area (Å²) < 4.78 is 5.36. The maximum Gasteiger partial charge on any atom is 0.306 e. The maximum absolute atomic E-state index is 10.9. The van der Waals surface area contributed by atoms with Crippen LogP contribution in [0.15, 0.2) is 40.9 Å². The van der Waals surface area contributed by atoms with Crippen molar-refractivity contribution in [2.75, 3.05) is 13.1 Å². The van der Waals surface area contributed by atoms with Crippen LogP contribution >= 0.6 is 0 Å². The number of benzene rings is 1. The van der Waals surface area contributed by atoms with Crippen molar-refractivity contribution in [2.24, 2.45) is 11.8 Å². The summed E-state index contributed by atoms with van der Waals surface area (Å²) in [7, 11) is 0. The number of nitrogens with zero attached hydrogens (tertiary/aromatic N) is 2. The van der Waals surface area contributed by atoms with Crippen molar-refractivity contribution < 1.29 is 14.4 Å². The first-order valence-corrected chi connectivity index (χ1v) is 7.09. The van der Waals surface area contributed by atoms with Gasteiger partial charge in [-0.3, -0.25) is 9.69 Å². The molecule has 2 heterocycles. The lowest BCUT2D eigenvalue weighted by atomic mass is 9.87. The lowest BCUT2D eigenvalue weighted by molar-refractivity contribution is -0.145. The molecule has 0 bridgehead atoms. The van der Waals surface area contributed by atoms with E-state index in [9.17, 15) is 4.79 Å². The summed E-state index contributed by atoms with van der Waals surface area (Å²) in [5, 5.41) is 13.1. The molecule has 2 aromatic rings. The lowest BCUT2D eigenvalue weighted by Crippen LogP contribution is -2.50. The molecule has 1 N–H and O–H groups in total. The third-order valence-corrected chi connectivity index (χ3v) is 4.08. The minimum absolute atomic E-state index is 0.239. The van der Waals surface area contributed by atoms with Crippen molar-refractivity contribution in [3.05, 3.63) is 42.1 Å². The van der Waals surface area contributed by atoms with Crippen LogP contribution in [0.4, 0.5) is 0 Å². The fourth-order valence-corrected chi connectivity index (χ4v) is 2.61. The summed E-state index contributed by atoms with van der Waals surface area (Å²) in [6.45, 7) is 4.09. The van der Waals surface area contributed by atoms with E-state index in [0.717, 1.165) is 30.1 Å². The van der Waals surface area contributed by atoms with Gasteiger partial charge in [0.25, 0.3) is 0 Å². The number of rotatable bonds is 5. The molecule has 1 aromatic heterocycles. The molecule has 1 fully saturated rings. The summed E-state index contributed by atoms with van der Waals surface area (Å²) in [6, 6.07) is 11.8. The molecule has 5 nitrogen and oxygen atoms in total. The monoisotopic (exact) mass is 286 g/mol. The molecule has 1 atom stereocenters. The molecule has 0 radical (unpaired) electrons. The second kappa shape index (κ2) is 5.69. The van der Waals surface area contributed by atoms with E-state index in [4.69, 9.17) is 9.63 Å². The van der Waals surface area contributed by atoms with E-state index in [1.807, 2.05) is 36.4 Å². The molecule has 1 aliphatic rings. The molecule has 21 heavy (non-hydrogen) atoms. The van der Waals surface area contributed by atoms with Gasteiger partial charge in [-0.05, 0) is 5.92 Å². The molecule has 3 rings (SSSR count). The summed E-state index contributed by atoms with van der Waals surface area (Å²) in [4.78, 5) is 13.1. The highest BCUT2D eigenvalue weighted by Crippen LogP contribution is 2.26. The molecule has 5 heteroatoms. The zero-order valence-corrected chi connectivity index (χ0v) is 11.9. The number of carboxylic acids is 1. The standard InChI is InChI=1S/C16H18N2O3/c1-11(16(19)20)13-8-18(9-13)10-14-7-15(21-17-14)12-5-3-2-4-6-12/h2-7,11,13H,8-10H2,1H3,(H,19,20). The topological polar surface area (TPSA) is 66.6 Å². The minimum atomic E-state index is -0.715. The Hall–Kier alpha value is -2.14. The predicted molar refractivity (Wildman–Crippen MR) is 77.5 cm³/mol. The van der Waals surface area contributed by atoms with Gasteiger partial charge in [0, 0.05) is 31.3 Å². The number of aliphatic carboxylic acids is 1. The Morgan fingerprint density at radius 1 is 1.43 bits per heavy atom. The molecule has 0 amide bonds. The third kappa shape index (κ3) is 2.97. The number of carboxylic acid groups (broad SMARTS) is 1. The molecule has 110 valence electrons. The van der Waals surface area contributed by atoms with Crippen LogP contribution in [0.5, 0.6) is 0 Å². The average molecular weight is 286 g/mol. The molecule has 1 aromatic carbocycles. The zero-order valence-electron chi connectivity index (χ0n) is 11.9. The van der Waals surface area contributed by atoms with Gasteiger partial charge in [-0.1, -0.05) is 42.4 Å². The number of hydrogen-bond donors (Lipinski definition) is 1. The largest absolute Gasteiger partial charge is 0.481 e. The van der Waals surface area contributed by atoms with Crippen LogP contribution in [0.3, 0.4) is 0 Å². The van der Waals surface area contributed by atoms with E-state index in [0.29, 0.717) is 6.54 Å². The van der Waals surface area contributed by atoms with Gasteiger partial charge in [-0.2, -0.15) is 0 Å². The highest BCUT2D eigenvalue weighted by Gasteiger charge is 2.34. The first kappa shape index (κ1) is 13.8. The van der Waals surface area contributed by atoms with Crippen LogP contribution in [0.1, 0.15) is 12.6 Å². The van der Waals surface area contributed by atoms with E-state index in [-0.39, 0.29) is 11.8 Å². The number of carbonyl (C=O) groups is 1. The van der Waals surface area contributed by atoms with Gasteiger partial charge in [0.05, 0.1) is 11.6 Å². The first-order chi connectivity index (χ1) is 10.1. The van der Waals surface area contributed by atoms with Crippen LogP contribution in [0.2, 0.25) is 0 Å². The van der Waals surface area contributed by atoms with E-state index < -0.39 is 5.97 Å². The fraction of sp³-hybridized carbons (Fsp3) is 0.375. The van der Waals surface area contributed by atoms with Crippen molar-refractivity contribution in [3.8, 4) is 11.3 Å². The predicted octanol–water partition coefficient (Wildman–Crippen LogP) is 2.49. The number of hydrogen-bond acceptors (Lipinski definition) is 4. The van der Waals surface area contributed by atoms with E-state index in [1.165, 1.54) is 0 Å². The van der Waals surface area contributed by atoms with Gasteiger partial charge in [-0.15, -0.1) is 0 Å². The van der Waals surface area contributed by atoms with Crippen molar-refractivity contribution in [1.82, 2.24) is 10.1 Å². The molecule has 1 saturated heterocycles. The Kier molecular flexibility index (Phi) is 3.75. The van der Waals surface area contributed by atoms with Crippen molar-refractivity contribution in [3.63, 3.8) is 0 Å². The molecular weight excluding hydrogens is 268 g/mol. The van der Waals surface area contributed by atoms with Gasteiger partial charge in [0.2, 0.25) is 0 Å². The molecular formula is C16H18N2O3. The van der Waals surface area contributed by atoms with Gasteiger partial charge >= 0.3 is 5.97 Å². The summed E-state index contributed by atoms with van der Waals surface area (Å²) in [5.74, 6) is 0.00969. The molecule has 0 aliphatic carbocycles. The fourth-order valence-electron chi connectivity index (χ4n) is 2.61. The Labute approximate surface area is 123 Å². The van der Waals surface area contributed by atoms with Gasteiger partial charge in [0.15, 0.2) is 5.76 Å². The van der Waals surface area contributed by atoms with Crippen molar-refractivity contribution >= 4 is 5.97 Å². The highest BCUT2D eigenvalue weighted by molar-refractivity contribution is 5.70. The Morgan fingerprint density at radius 2 is 2.14 bits per heavy atom. The quantitative estimate of drug-likeness (QED) is 0.914. The maximum atomic E-state index is 10.9. The zero-order chi connectivity index (χ0) is 14.8. The van der Waals surface area contributed by atoms with Crippen LogP contribution in [-0.2, 0) is 11.3 Å². The second-order valence-electron chi connectivity index (χ2n) is 5.63. The molecule has 1 aliphatic heterocycles. The molecule has 0 saturated carbocycles. The number of likely N-dealkylation sites (tertiary alicyclic amines) is 1. The highest BCUT2D eigenvalue weighted by atomic mass is 16.5. The first-order valence-electron chi connectivity index (χ1n) is 7.09. The summed E-state index contributed by atoms with van der Waals surface area (Å²) in [5.41, 5.74) is 1.90.